The minimum absolute atomic E-state index is 0.0143. The highest BCUT2D eigenvalue weighted by molar-refractivity contribution is 6.30. The summed E-state index contributed by atoms with van der Waals surface area (Å²) in [6, 6.07) is 12.8. The van der Waals surface area contributed by atoms with Crippen molar-refractivity contribution < 1.29 is 4.79 Å². The van der Waals surface area contributed by atoms with Crippen molar-refractivity contribution in [2.45, 2.75) is 6.42 Å². The monoisotopic (exact) mass is 401 g/mol. The lowest BCUT2D eigenvalue weighted by Crippen LogP contribution is -2.04. The SMILES string of the molecule is O=C(Cc1cncc(-c2cncc(Nc3cccc(Cl)c3)n2)c1)c1cccnc1. The van der Waals surface area contributed by atoms with E-state index in [1.807, 2.05) is 24.3 Å². The molecule has 3 heterocycles. The largest absolute Gasteiger partial charge is 0.339 e. The van der Waals surface area contributed by atoms with Gasteiger partial charge in [0.2, 0.25) is 0 Å². The lowest BCUT2D eigenvalue weighted by Gasteiger charge is -2.08. The van der Waals surface area contributed by atoms with Crippen LogP contribution in [-0.4, -0.2) is 25.7 Å². The summed E-state index contributed by atoms with van der Waals surface area (Å²) in [4.78, 5) is 29.5. The first-order valence-electron chi connectivity index (χ1n) is 8.89. The molecule has 7 heteroatoms. The Labute approximate surface area is 172 Å². The van der Waals surface area contributed by atoms with Crippen LogP contribution in [0.1, 0.15) is 15.9 Å². The molecule has 3 aromatic heterocycles. The quantitative estimate of drug-likeness (QED) is 0.469. The molecule has 1 N–H and O–H groups in total. The van der Waals surface area contributed by atoms with E-state index >= 15 is 0 Å². The molecule has 4 aromatic rings. The van der Waals surface area contributed by atoms with Gasteiger partial charge in [-0.2, -0.15) is 0 Å². The van der Waals surface area contributed by atoms with Crippen LogP contribution in [0.5, 0.6) is 0 Å². The molecule has 0 atom stereocenters. The summed E-state index contributed by atoms with van der Waals surface area (Å²) in [5.41, 5.74) is 3.62. The summed E-state index contributed by atoms with van der Waals surface area (Å²) < 4.78 is 0. The maximum atomic E-state index is 12.4. The normalized spacial score (nSPS) is 10.5. The number of Topliss-reactive ketones (excluding diaryl/α,β-unsaturated/α-hetero) is 1. The van der Waals surface area contributed by atoms with Crippen molar-refractivity contribution in [3.63, 3.8) is 0 Å². The predicted octanol–water partition coefficient (Wildman–Crippen LogP) is 4.76. The number of rotatable bonds is 6. The van der Waals surface area contributed by atoms with Crippen molar-refractivity contribution in [2.24, 2.45) is 0 Å². The van der Waals surface area contributed by atoms with Crippen LogP contribution < -0.4 is 5.32 Å². The molecule has 6 nitrogen and oxygen atoms in total. The summed E-state index contributed by atoms with van der Waals surface area (Å²) in [6.07, 6.45) is 10.1. The minimum Gasteiger partial charge on any atom is -0.339 e. The van der Waals surface area contributed by atoms with E-state index in [2.05, 4.69) is 25.3 Å². The zero-order valence-corrected chi connectivity index (χ0v) is 16.0. The fraction of sp³-hybridized carbons (Fsp3) is 0.0455. The van der Waals surface area contributed by atoms with Gasteiger partial charge in [0, 0.05) is 53.0 Å². The van der Waals surface area contributed by atoms with Crippen LogP contribution in [0.2, 0.25) is 5.02 Å². The standard InChI is InChI=1S/C22H16ClN5O/c23-18-4-1-5-19(9-18)27-22-14-26-13-20(28-22)17-7-15(10-25-12-17)8-21(29)16-3-2-6-24-11-16/h1-7,9-14H,8H2,(H,27,28). The first kappa shape index (κ1) is 18.7. The molecule has 0 unspecified atom stereocenters. The lowest BCUT2D eigenvalue weighted by atomic mass is 10.0. The number of ketones is 1. The molecule has 0 aliphatic rings. The average molecular weight is 402 g/mol. The Bertz CT molecular complexity index is 1150. The van der Waals surface area contributed by atoms with Crippen molar-refractivity contribution in [1.29, 1.82) is 0 Å². The number of halogens is 1. The Balaban J connectivity index is 1.54. The topological polar surface area (TPSA) is 80.7 Å². The number of carbonyl (C=O) groups excluding carboxylic acids is 1. The highest BCUT2D eigenvalue weighted by Gasteiger charge is 2.10. The molecular formula is C22H16ClN5O. The third-order valence-corrected chi connectivity index (χ3v) is 4.41. The van der Waals surface area contributed by atoms with Crippen LogP contribution in [0.3, 0.4) is 0 Å². The van der Waals surface area contributed by atoms with Gasteiger partial charge in [0.1, 0.15) is 5.82 Å². The van der Waals surface area contributed by atoms with Crippen LogP contribution in [0, 0.1) is 0 Å². The number of carbonyl (C=O) groups is 1. The van der Waals surface area contributed by atoms with Gasteiger partial charge in [-0.3, -0.25) is 19.7 Å². The number of aromatic nitrogens is 4. The smallest absolute Gasteiger partial charge is 0.168 e. The Hall–Kier alpha value is -3.64. The maximum Gasteiger partial charge on any atom is 0.168 e. The third kappa shape index (κ3) is 4.80. The number of nitrogens with one attached hydrogen (secondary N) is 1. The van der Waals surface area contributed by atoms with Crippen LogP contribution in [0.4, 0.5) is 11.5 Å². The zero-order valence-electron chi connectivity index (χ0n) is 15.3. The number of hydrogen-bond acceptors (Lipinski definition) is 6. The number of nitrogens with zero attached hydrogens (tertiary/aromatic N) is 4. The van der Waals surface area contributed by atoms with Gasteiger partial charge in [-0.05, 0) is 42.0 Å². The number of anilines is 2. The average Bonchev–Trinajstić information content (AvgIpc) is 2.75. The molecule has 0 saturated carbocycles. The first-order chi connectivity index (χ1) is 14.2. The second-order valence-corrected chi connectivity index (χ2v) is 6.78. The molecule has 0 aliphatic carbocycles. The summed E-state index contributed by atoms with van der Waals surface area (Å²) in [5.74, 6) is 0.570. The van der Waals surface area contributed by atoms with Crippen molar-refractivity contribution >= 4 is 28.9 Å². The summed E-state index contributed by atoms with van der Waals surface area (Å²) in [7, 11) is 0. The van der Waals surface area contributed by atoms with Crippen LogP contribution in [0.25, 0.3) is 11.3 Å². The highest BCUT2D eigenvalue weighted by Crippen LogP contribution is 2.22. The summed E-state index contributed by atoms with van der Waals surface area (Å²) in [5, 5.41) is 3.82. The molecular weight excluding hydrogens is 386 g/mol. The summed E-state index contributed by atoms with van der Waals surface area (Å²) >= 11 is 6.03. The summed E-state index contributed by atoms with van der Waals surface area (Å²) in [6.45, 7) is 0. The predicted molar refractivity (Wildman–Crippen MR) is 112 cm³/mol. The maximum absolute atomic E-state index is 12.4. The molecule has 0 radical (unpaired) electrons. The number of hydrogen-bond donors (Lipinski definition) is 1. The van der Waals surface area contributed by atoms with E-state index in [1.165, 1.54) is 0 Å². The molecule has 142 valence electrons. The molecule has 0 fully saturated rings. The van der Waals surface area contributed by atoms with Gasteiger partial charge in [0.25, 0.3) is 0 Å². The molecule has 0 spiro atoms. The highest BCUT2D eigenvalue weighted by atomic mass is 35.5. The van der Waals surface area contributed by atoms with Gasteiger partial charge < -0.3 is 5.32 Å². The fourth-order valence-electron chi connectivity index (χ4n) is 2.82. The van der Waals surface area contributed by atoms with Gasteiger partial charge in [-0.25, -0.2) is 4.98 Å². The van der Waals surface area contributed by atoms with E-state index in [-0.39, 0.29) is 12.2 Å². The Morgan fingerprint density at radius 3 is 2.66 bits per heavy atom. The van der Waals surface area contributed by atoms with Crippen molar-refractivity contribution in [1.82, 2.24) is 19.9 Å². The Kier molecular flexibility index (Phi) is 5.54. The van der Waals surface area contributed by atoms with Crippen molar-refractivity contribution in [2.75, 3.05) is 5.32 Å². The molecule has 0 aliphatic heterocycles. The zero-order chi connectivity index (χ0) is 20.1. The van der Waals surface area contributed by atoms with Gasteiger partial charge in [-0.1, -0.05) is 17.7 Å². The lowest BCUT2D eigenvalue weighted by molar-refractivity contribution is 0.0992. The van der Waals surface area contributed by atoms with E-state index in [0.717, 1.165) is 16.8 Å². The van der Waals surface area contributed by atoms with Crippen LogP contribution in [0.15, 0.2) is 79.6 Å². The van der Waals surface area contributed by atoms with Gasteiger partial charge in [0.05, 0.1) is 18.1 Å². The van der Waals surface area contributed by atoms with Crippen molar-refractivity contribution in [3.8, 4) is 11.3 Å². The van der Waals surface area contributed by atoms with Crippen LogP contribution in [-0.2, 0) is 6.42 Å². The molecule has 29 heavy (non-hydrogen) atoms. The second kappa shape index (κ2) is 8.58. The number of pyridine rings is 2. The molecule has 1 aromatic carbocycles. The van der Waals surface area contributed by atoms with E-state index in [9.17, 15) is 4.79 Å². The first-order valence-corrected chi connectivity index (χ1v) is 9.27. The van der Waals surface area contributed by atoms with Crippen molar-refractivity contribution in [3.05, 3.63) is 95.8 Å². The van der Waals surface area contributed by atoms with Gasteiger partial charge in [-0.15, -0.1) is 0 Å². The van der Waals surface area contributed by atoms with Gasteiger partial charge in [0.15, 0.2) is 5.78 Å². The van der Waals surface area contributed by atoms with E-state index in [0.29, 0.717) is 22.1 Å². The fourth-order valence-corrected chi connectivity index (χ4v) is 3.01. The van der Waals surface area contributed by atoms with Gasteiger partial charge >= 0.3 is 0 Å². The number of benzene rings is 1. The van der Waals surface area contributed by atoms with E-state index in [4.69, 9.17) is 11.6 Å². The molecule has 0 bridgehead atoms. The molecule has 0 saturated heterocycles. The minimum atomic E-state index is -0.0143. The third-order valence-electron chi connectivity index (χ3n) is 4.17. The van der Waals surface area contributed by atoms with Crippen LogP contribution >= 0.6 is 11.6 Å². The second-order valence-electron chi connectivity index (χ2n) is 6.35. The van der Waals surface area contributed by atoms with E-state index in [1.54, 1.807) is 55.4 Å². The molecule has 0 amide bonds. The van der Waals surface area contributed by atoms with E-state index < -0.39 is 0 Å². The Morgan fingerprint density at radius 1 is 0.931 bits per heavy atom. The Morgan fingerprint density at radius 2 is 1.83 bits per heavy atom. The molecule has 4 rings (SSSR count).